The van der Waals surface area contributed by atoms with Gasteiger partial charge in [0.2, 0.25) is 0 Å². The number of nitro groups is 2. The molecule has 0 fully saturated rings. The van der Waals surface area contributed by atoms with Gasteiger partial charge in [-0.2, -0.15) is 0 Å². The molecule has 12 heteroatoms. The summed E-state index contributed by atoms with van der Waals surface area (Å²) >= 11 is 0. The molecule has 0 amide bonds. The molecule has 0 saturated carbocycles. The van der Waals surface area contributed by atoms with Gasteiger partial charge in [0.25, 0.3) is 11.4 Å². The minimum absolute atomic E-state index is 0.0194. The summed E-state index contributed by atoms with van der Waals surface area (Å²) in [6, 6.07) is 24.3. The van der Waals surface area contributed by atoms with Crippen LogP contribution in [0.5, 0.6) is 11.5 Å². The van der Waals surface area contributed by atoms with Crippen molar-refractivity contribution in [3.8, 4) is 34.3 Å². The molecule has 0 unspecified atom stereocenters. The maximum Gasteiger partial charge on any atom is 0.271 e. The summed E-state index contributed by atoms with van der Waals surface area (Å²) in [6.07, 6.45) is 2.72. The second-order valence-corrected chi connectivity index (χ2v) is 9.89. The Morgan fingerprint density at radius 3 is 1.40 bits per heavy atom. The van der Waals surface area contributed by atoms with E-state index in [1.165, 1.54) is 24.3 Å². The number of nitro benzene ring substituents is 2. The first-order valence-electron chi connectivity index (χ1n) is 13.7. The molecule has 4 aromatic carbocycles. The number of nitrogens with zero attached hydrogens (tertiary/aromatic N) is 4. The Labute approximate surface area is 244 Å². The molecule has 0 saturated heterocycles. The molecule has 2 N–H and O–H groups in total. The van der Waals surface area contributed by atoms with Crippen LogP contribution in [0.25, 0.3) is 44.8 Å². The van der Waals surface area contributed by atoms with Crippen molar-refractivity contribution >= 4 is 33.4 Å². The number of H-pyrrole nitrogens is 2. The number of aromatic amines is 2. The van der Waals surface area contributed by atoms with Gasteiger partial charge in [-0.05, 0) is 79.9 Å². The van der Waals surface area contributed by atoms with E-state index in [0.29, 0.717) is 46.9 Å². The number of nitrogens with one attached hydrogen (secondary N) is 2. The molecule has 6 aromatic rings. The van der Waals surface area contributed by atoms with E-state index in [2.05, 4.69) is 19.9 Å². The Morgan fingerprint density at radius 2 is 1.00 bits per heavy atom. The number of benzene rings is 4. The maximum absolute atomic E-state index is 11.0. The average molecular weight is 579 g/mol. The SMILES string of the molecule is O=[N+]([O-])c1ccc2nc(-c3ccc(OCCCCCOc4ccc(-c5nc6ccc([N+](=O)[O-])cc6[nH]5)cc4)cc3)[nH]c2c1. The van der Waals surface area contributed by atoms with E-state index < -0.39 is 9.85 Å². The Morgan fingerprint density at radius 1 is 0.581 bits per heavy atom. The van der Waals surface area contributed by atoms with Crippen LogP contribution in [-0.2, 0) is 0 Å². The third kappa shape index (κ3) is 6.27. The zero-order chi connectivity index (χ0) is 29.8. The molecule has 43 heavy (non-hydrogen) atoms. The van der Waals surface area contributed by atoms with Crippen LogP contribution in [0.3, 0.4) is 0 Å². The van der Waals surface area contributed by atoms with Crippen LogP contribution in [0.4, 0.5) is 11.4 Å². The van der Waals surface area contributed by atoms with Crippen molar-refractivity contribution in [2.45, 2.75) is 19.3 Å². The first-order valence-corrected chi connectivity index (χ1v) is 13.7. The van der Waals surface area contributed by atoms with Gasteiger partial charge in [0.15, 0.2) is 0 Å². The third-order valence-electron chi connectivity index (χ3n) is 6.93. The van der Waals surface area contributed by atoms with Gasteiger partial charge in [-0.3, -0.25) is 20.2 Å². The Kier molecular flexibility index (Phi) is 7.64. The number of hydrogen-bond acceptors (Lipinski definition) is 8. The molecule has 0 atom stereocenters. The van der Waals surface area contributed by atoms with Crippen LogP contribution in [0.15, 0.2) is 84.9 Å². The maximum atomic E-state index is 11.0. The van der Waals surface area contributed by atoms with Gasteiger partial charge in [0, 0.05) is 35.4 Å². The molecular weight excluding hydrogens is 552 g/mol. The molecule has 6 rings (SSSR count). The lowest BCUT2D eigenvalue weighted by atomic mass is 10.2. The van der Waals surface area contributed by atoms with Crippen molar-refractivity contribution in [2.24, 2.45) is 0 Å². The number of non-ortho nitro benzene ring substituents is 2. The second-order valence-electron chi connectivity index (χ2n) is 9.89. The van der Waals surface area contributed by atoms with Crippen molar-refractivity contribution in [1.29, 1.82) is 0 Å². The highest BCUT2D eigenvalue weighted by atomic mass is 16.6. The Hall–Kier alpha value is -5.78. The van der Waals surface area contributed by atoms with Crippen LogP contribution < -0.4 is 9.47 Å². The lowest BCUT2D eigenvalue weighted by molar-refractivity contribution is -0.384. The van der Waals surface area contributed by atoms with Crippen molar-refractivity contribution in [3.05, 3.63) is 105 Å². The summed E-state index contributed by atoms with van der Waals surface area (Å²) in [6.45, 7) is 1.17. The second kappa shape index (κ2) is 12.0. The van der Waals surface area contributed by atoms with Crippen LogP contribution in [0.2, 0.25) is 0 Å². The largest absolute Gasteiger partial charge is 0.494 e. The predicted molar refractivity (Wildman–Crippen MR) is 161 cm³/mol. The minimum atomic E-state index is -0.427. The van der Waals surface area contributed by atoms with Gasteiger partial charge in [-0.15, -0.1) is 0 Å². The van der Waals surface area contributed by atoms with Gasteiger partial charge in [-0.1, -0.05) is 0 Å². The highest BCUT2D eigenvalue weighted by Crippen LogP contribution is 2.27. The minimum Gasteiger partial charge on any atom is -0.494 e. The van der Waals surface area contributed by atoms with E-state index >= 15 is 0 Å². The highest BCUT2D eigenvalue weighted by Gasteiger charge is 2.12. The highest BCUT2D eigenvalue weighted by molar-refractivity contribution is 5.82. The predicted octanol–water partition coefficient (Wildman–Crippen LogP) is 7.22. The number of ether oxygens (including phenoxy) is 2. The fraction of sp³-hybridized carbons (Fsp3) is 0.161. The summed E-state index contributed by atoms with van der Waals surface area (Å²) in [4.78, 5) is 36.5. The number of unbranched alkanes of at least 4 members (excludes halogenated alkanes) is 2. The molecule has 2 heterocycles. The topological polar surface area (TPSA) is 162 Å². The standard InChI is InChI=1S/C31H26N6O6/c38-36(39)22-8-14-26-28(18-22)34-30(32-26)20-4-10-24(11-5-20)42-16-2-1-3-17-43-25-12-6-21(7-13-25)31-33-27-15-9-23(37(40)41)19-29(27)35-31/h4-15,18-19H,1-3,16-17H2,(H,32,34)(H,33,35). The zero-order valence-electron chi connectivity index (χ0n) is 22.9. The van der Waals surface area contributed by atoms with Gasteiger partial charge in [0.1, 0.15) is 23.1 Å². The molecule has 0 spiro atoms. The van der Waals surface area contributed by atoms with Crippen molar-refractivity contribution in [1.82, 2.24) is 19.9 Å². The monoisotopic (exact) mass is 578 g/mol. The number of imidazole rings is 2. The Bertz CT molecular complexity index is 1770. The van der Waals surface area contributed by atoms with E-state index in [4.69, 9.17) is 9.47 Å². The summed E-state index contributed by atoms with van der Waals surface area (Å²) in [5.41, 5.74) is 4.33. The van der Waals surface area contributed by atoms with E-state index in [1.54, 1.807) is 12.1 Å². The van der Waals surface area contributed by atoms with E-state index in [-0.39, 0.29) is 11.4 Å². The Balaban J connectivity index is 0.920. The lowest BCUT2D eigenvalue weighted by Crippen LogP contribution is -2.01. The molecule has 12 nitrogen and oxygen atoms in total. The number of rotatable bonds is 12. The van der Waals surface area contributed by atoms with Crippen LogP contribution >= 0.6 is 0 Å². The molecule has 0 aliphatic heterocycles. The summed E-state index contributed by atoms with van der Waals surface area (Å²) < 4.78 is 11.7. The molecule has 0 bridgehead atoms. The van der Waals surface area contributed by atoms with E-state index in [1.807, 2.05) is 48.5 Å². The summed E-state index contributed by atoms with van der Waals surface area (Å²) in [5.74, 6) is 2.79. The summed E-state index contributed by atoms with van der Waals surface area (Å²) in [7, 11) is 0. The van der Waals surface area contributed by atoms with E-state index in [9.17, 15) is 20.2 Å². The van der Waals surface area contributed by atoms with Crippen molar-refractivity contribution in [3.63, 3.8) is 0 Å². The molecule has 0 aliphatic rings. The van der Waals surface area contributed by atoms with Gasteiger partial charge < -0.3 is 19.4 Å². The quantitative estimate of drug-likeness (QED) is 0.0873. The lowest BCUT2D eigenvalue weighted by Gasteiger charge is -2.08. The molecular formula is C31H26N6O6. The molecule has 2 aromatic heterocycles. The fourth-order valence-electron chi connectivity index (χ4n) is 4.67. The number of hydrogen-bond donors (Lipinski definition) is 2. The number of fused-ring (bicyclic) bond motifs is 2. The molecule has 216 valence electrons. The van der Waals surface area contributed by atoms with Gasteiger partial charge >= 0.3 is 0 Å². The van der Waals surface area contributed by atoms with Crippen LogP contribution in [0.1, 0.15) is 19.3 Å². The molecule has 0 radical (unpaired) electrons. The smallest absolute Gasteiger partial charge is 0.271 e. The first-order chi connectivity index (χ1) is 20.9. The molecule has 0 aliphatic carbocycles. The van der Waals surface area contributed by atoms with Gasteiger partial charge in [0.05, 0.1) is 45.1 Å². The number of aromatic nitrogens is 4. The zero-order valence-corrected chi connectivity index (χ0v) is 22.9. The fourth-order valence-corrected chi connectivity index (χ4v) is 4.67. The third-order valence-corrected chi connectivity index (χ3v) is 6.93. The average Bonchev–Trinajstić information content (AvgIpc) is 3.65. The van der Waals surface area contributed by atoms with Crippen molar-refractivity contribution in [2.75, 3.05) is 13.2 Å². The van der Waals surface area contributed by atoms with E-state index in [0.717, 1.165) is 41.9 Å². The summed E-state index contributed by atoms with van der Waals surface area (Å²) in [5, 5.41) is 22.0. The van der Waals surface area contributed by atoms with Crippen molar-refractivity contribution < 1.29 is 19.3 Å². The van der Waals surface area contributed by atoms with Gasteiger partial charge in [-0.25, -0.2) is 9.97 Å². The van der Waals surface area contributed by atoms with Crippen LogP contribution in [0, 0.1) is 20.2 Å². The normalized spacial score (nSPS) is 11.2. The van der Waals surface area contributed by atoms with Crippen LogP contribution in [-0.4, -0.2) is 43.0 Å². The first kappa shape index (κ1) is 27.4.